The quantitative estimate of drug-likeness (QED) is 0.221. The molecule has 0 saturated carbocycles. The zero-order valence-corrected chi connectivity index (χ0v) is 22.8. The first kappa shape index (κ1) is 22.6. The van der Waals surface area contributed by atoms with E-state index in [1.807, 2.05) is 12.4 Å². The maximum atomic E-state index is 6.72. The van der Waals surface area contributed by atoms with Crippen LogP contribution in [0.25, 0.3) is 44.2 Å². The van der Waals surface area contributed by atoms with Crippen molar-refractivity contribution in [1.82, 2.24) is 4.98 Å². The van der Waals surface area contributed by atoms with Crippen molar-refractivity contribution in [3.63, 3.8) is 0 Å². The topological polar surface area (TPSA) is 25.4 Å². The molecule has 0 radical (unpaired) electrons. The first-order chi connectivity index (χ1) is 18.1. The van der Waals surface area contributed by atoms with Crippen LogP contribution in [0.5, 0.6) is 5.75 Å². The third-order valence-electron chi connectivity index (χ3n) is 7.95. The van der Waals surface area contributed by atoms with Crippen molar-refractivity contribution in [3.05, 3.63) is 100 Å². The minimum absolute atomic E-state index is 0.0824. The largest absolute Gasteiger partial charge is 0.485 e. The number of nitrogens with zero attached hydrogens (tertiary/aromatic N) is 2. The number of fused-ring (bicyclic) bond motifs is 9. The van der Waals surface area contributed by atoms with Crippen LogP contribution < -0.4 is 9.64 Å². The molecule has 0 aliphatic carbocycles. The zero-order chi connectivity index (χ0) is 25.3. The summed E-state index contributed by atoms with van der Waals surface area (Å²) >= 11 is 3.67. The summed E-state index contributed by atoms with van der Waals surface area (Å²) in [7, 11) is 2.19. The number of benzene rings is 4. The van der Waals surface area contributed by atoms with E-state index in [2.05, 4.69) is 113 Å². The first-order valence-electron chi connectivity index (χ1n) is 12.9. The van der Waals surface area contributed by atoms with Gasteiger partial charge in [0.25, 0.3) is 0 Å². The predicted octanol–water partition coefficient (Wildman–Crippen LogP) is 8.96. The lowest BCUT2D eigenvalue weighted by Crippen LogP contribution is -2.26. The molecule has 3 heterocycles. The molecule has 0 unspecified atom stereocenters. The molecule has 0 N–H and O–H groups in total. The van der Waals surface area contributed by atoms with Crippen LogP contribution in [0.2, 0.25) is 0 Å². The Morgan fingerprint density at radius 3 is 2.62 bits per heavy atom. The van der Waals surface area contributed by atoms with Crippen molar-refractivity contribution < 1.29 is 4.74 Å². The molecule has 2 aliphatic heterocycles. The second-order valence-corrected chi connectivity index (χ2v) is 10.9. The van der Waals surface area contributed by atoms with E-state index in [9.17, 15) is 0 Å². The Labute approximate surface area is 225 Å². The Balaban J connectivity index is 1.72. The standard InChI is InChI=1S/C33H27BrN2O/c1-4-23-26-18-36(3)27-14-15-35-17-25(27)31(26)33-29(30(23)20-8-6-5-7-9-20)19(2)37-28-13-10-21-16-22(34)11-12-24(21)32(28)33/h5-17,19H,4,18H2,1-3H3/t19-/m0/s1. The molecule has 1 aromatic heterocycles. The minimum atomic E-state index is -0.0824. The van der Waals surface area contributed by atoms with Gasteiger partial charge in [-0.05, 0) is 76.2 Å². The Morgan fingerprint density at radius 1 is 0.973 bits per heavy atom. The van der Waals surface area contributed by atoms with E-state index in [0.29, 0.717) is 0 Å². The molecule has 0 bridgehead atoms. The fourth-order valence-corrected chi connectivity index (χ4v) is 6.84. The fourth-order valence-electron chi connectivity index (χ4n) is 6.46. The average Bonchev–Trinajstić information content (AvgIpc) is 2.92. The number of rotatable bonds is 2. The fraction of sp³-hybridized carbons (Fsp3) is 0.182. The van der Waals surface area contributed by atoms with Crippen molar-refractivity contribution in [1.29, 1.82) is 0 Å². The average molecular weight is 547 g/mol. The number of ether oxygens (including phenoxy) is 1. The smallest absolute Gasteiger partial charge is 0.128 e. The second kappa shape index (κ2) is 8.46. The van der Waals surface area contributed by atoms with Gasteiger partial charge < -0.3 is 9.64 Å². The Kier molecular flexibility index (Phi) is 5.16. The number of halogens is 1. The molecular formula is C33H27BrN2O. The normalized spacial score (nSPS) is 15.5. The highest BCUT2D eigenvalue weighted by Crippen LogP contribution is 2.57. The van der Waals surface area contributed by atoms with Crippen molar-refractivity contribution in [2.45, 2.75) is 32.9 Å². The highest BCUT2D eigenvalue weighted by molar-refractivity contribution is 9.10. The number of hydrogen-bond acceptors (Lipinski definition) is 3. The van der Waals surface area contributed by atoms with Crippen molar-refractivity contribution in [2.24, 2.45) is 0 Å². The van der Waals surface area contributed by atoms with Crippen LogP contribution in [-0.2, 0) is 13.0 Å². The summed E-state index contributed by atoms with van der Waals surface area (Å²) in [6.07, 6.45) is 4.82. The molecule has 7 rings (SSSR count). The molecule has 2 aliphatic rings. The van der Waals surface area contributed by atoms with Gasteiger partial charge in [-0.25, -0.2) is 0 Å². The van der Waals surface area contributed by atoms with Crippen LogP contribution in [0.4, 0.5) is 5.69 Å². The van der Waals surface area contributed by atoms with Gasteiger partial charge in [0.2, 0.25) is 0 Å². The molecule has 0 fully saturated rings. The maximum Gasteiger partial charge on any atom is 0.128 e. The van der Waals surface area contributed by atoms with Gasteiger partial charge in [-0.3, -0.25) is 4.98 Å². The number of pyridine rings is 1. The molecule has 182 valence electrons. The van der Waals surface area contributed by atoms with Gasteiger partial charge in [0.1, 0.15) is 11.9 Å². The molecule has 0 spiro atoms. The second-order valence-electron chi connectivity index (χ2n) is 10.0. The first-order valence-corrected chi connectivity index (χ1v) is 13.7. The van der Waals surface area contributed by atoms with E-state index in [1.54, 1.807) is 0 Å². The van der Waals surface area contributed by atoms with Gasteiger partial charge in [-0.1, -0.05) is 65.3 Å². The number of aromatic nitrogens is 1. The SMILES string of the molecule is CCc1c2c(c3c(c1-c1ccccc1)[C@H](C)Oc1ccc4cc(Br)ccc4c1-3)-c1cnccc1N(C)C2. The Bertz CT molecular complexity index is 1710. The molecule has 0 amide bonds. The highest BCUT2D eigenvalue weighted by atomic mass is 79.9. The Hall–Kier alpha value is -3.63. The third kappa shape index (κ3) is 3.28. The van der Waals surface area contributed by atoms with E-state index >= 15 is 0 Å². The summed E-state index contributed by atoms with van der Waals surface area (Å²) in [4.78, 5) is 6.97. The number of hydrogen-bond donors (Lipinski definition) is 0. The molecule has 1 atom stereocenters. The Morgan fingerprint density at radius 2 is 1.81 bits per heavy atom. The van der Waals surface area contributed by atoms with Crippen LogP contribution >= 0.6 is 15.9 Å². The van der Waals surface area contributed by atoms with Crippen molar-refractivity contribution in [3.8, 4) is 39.1 Å². The van der Waals surface area contributed by atoms with Gasteiger partial charge in [0.15, 0.2) is 0 Å². The summed E-state index contributed by atoms with van der Waals surface area (Å²) in [6.45, 7) is 5.34. The lowest BCUT2D eigenvalue weighted by atomic mass is 9.74. The molecular weight excluding hydrogens is 520 g/mol. The minimum Gasteiger partial charge on any atom is -0.485 e. The summed E-state index contributed by atoms with van der Waals surface area (Å²) < 4.78 is 7.80. The van der Waals surface area contributed by atoms with E-state index in [1.165, 1.54) is 66.5 Å². The third-order valence-corrected chi connectivity index (χ3v) is 8.44. The molecule has 37 heavy (non-hydrogen) atoms. The monoisotopic (exact) mass is 546 g/mol. The summed E-state index contributed by atoms with van der Waals surface area (Å²) in [5.74, 6) is 0.949. The molecule has 3 nitrogen and oxygen atoms in total. The molecule has 4 aromatic carbocycles. The molecule has 0 saturated heterocycles. The van der Waals surface area contributed by atoms with Crippen LogP contribution in [0, 0.1) is 0 Å². The van der Waals surface area contributed by atoms with Crippen LogP contribution in [-0.4, -0.2) is 12.0 Å². The van der Waals surface area contributed by atoms with Gasteiger partial charge in [-0.15, -0.1) is 0 Å². The predicted molar refractivity (Wildman–Crippen MR) is 156 cm³/mol. The van der Waals surface area contributed by atoms with Gasteiger partial charge in [-0.2, -0.15) is 0 Å². The van der Waals surface area contributed by atoms with Crippen molar-refractivity contribution in [2.75, 3.05) is 11.9 Å². The van der Waals surface area contributed by atoms with Gasteiger partial charge >= 0.3 is 0 Å². The maximum absolute atomic E-state index is 6.72. The lowest BCUT2D eigenvalue weighted by Gasteiger charge is -2.38. The van der Waals surface area contributed by atoms with Crippen LogP contribution in [0.1, 0.15) is 36.6 Å². The number of anilines is 1. The van der Waals surface area contributed by atoms with E-state index in [0.717, 1.165) is 23.2 Å². The summed E-state index contributed by atoms with van der Waals surface area (Å²) in [6, 6.07) is 23.9. The summed E-state index contributed by atoms with van der Waals surface area (Å²) in [5.41, 5.74) is 12.9. The van der Waals surface area contributed by atoms with Gasteiger partial charge in [0.05, 0.1) is 0 Å². The van der Waals surface area contributed by atoms with Crippen LogP contribution in [0.3, 0.4) is 0 Å². The van der Waals surface area contributed by atoms with E-state index < -0.39 is 0 Å². The van der Waals surface area contributed by atoms with Crippen LogP contribution in [0.15, 0.2) is 83.6 Å². The summed E-state index contributed by atoms with van der Waals surface area (Å²) in [5, 5.41) is 2.41. The molecule has 4 heteroatoms. The van der Waals surface area contributed by atoms with Gasteiger partial charge in [0, 0.05) is 58.4 Å². The lowest BCUT2D eigenvalue weighted by molar-refractivity contribution is 0.224. The van der Waals surface area contributed by atoms with Crippen molar-refractivity contribution >= 4 is 32.4 Å². The zero-order valence-electron chi connectivity index (χ0n) is 21.2. The highest BCUT2D eigenvalue weighted by Gasteiger charge is 2.36. The van der Waals surface area contributed by atoms with E-state index in [4.69, 9.17) is 4.74 Å². The molecule has 5 aromatic rings. The van der Waals surface area contributed by atoms with E-state index in [-0.39, 0.29) is 6.10 Å².